The van der Waals surface area contributed by atoms with Gasteiger partial charge in [-0.2, -0.15) is 0 Å². The van der Waals surface area contributed by atoms with Crippen molar-refractivity contribution in [3.63, 3.8) is 0 Å². The monoisotopic (exact) mass is 397 g/mol. The van der Waals surface area contributed by atoms with Gasteiger partial charge in [0.15, 0.2) is 16.4 Å². The van der Waals surface area contributed by atoms with E-state index in [-0.39, 0.29) is 36.9 Å². The molecular weight excluding hydrogens is 379 g/mol. The first-order valence-corrected chi connectivity index (χ1v) is 9.16. The third-order valence-electron chi connectivity index (χ3n) is 5.14. The van der Waals surface area contributed by atoms with E-state index in [0.717, 1.165) is 24.2 Å². The van der Waals surface area contributed by atoms with Gasteiger partial charge in [-0.1, -0.05) is 0 Å². The van der Waals surface area contributed by atoms with Crippen LogP contribution >= 0.6 is 12.2 Å². The third-order valence-corrected chi connectivity index (χ3v) is 5.46. The molecule has 2 aromatic rings. The molecule has 0 saturated carbocycles. The van der Waals surface area contributed by atoms with Crippen molar-refractivity contribution >= 4 is 18.1 Å². The topological polar surface area (TPSA) is 59.0 Å². The maximum Gasteiger partial charge on any atom is 0.226 e. The Bertz CT molecular complexity index is 950. The van der Waals surface area contributed by atoms with Crippen LogP contribution in [0.15, 0.2) is 12.1 Å². The zero-order chi connectivity index (χ0) is 19.1. The van der Waals surface area contributed by atoms with Gasteiger partial charge in [0.1, 0.15) is 5.82 Å². The van der Waals surface area contributed by atoms with Gasteiger partial charge in [-0.25, -0.2) is 13.2 Å². The van der Waals surface area contributed by atoms with Crippen LogP contribution in [0.4, 0.5) is 13.2 Å². The molecule has 0 aliphatic carbocycles. The van der Waals surface area contributed by atoms with Crippen molar-refractivity contribution in [2.45, 2.75) is 37.8 Å². The number of hydrogen-bond donors (Lipinski definition) is 2. The number of carbonyl (C=O) groups is 1. The number of imidazole rings is 1. The van der Waals surface area contributed by atoms with Crippen LogP contribution in [-0.4, -0.2) is 34.7 Å². The summed E-state index contributed by atoms with van der Waals surface area (Å²) in [4.78, 5) is 15.3. The molecule has 2 aliphatic rings. The Labute approximate surface area is 158 Å². The van der Waals surface area contributed by atoms with Crippen LogP contribution in [0.25, 0.3) is 0 Å². The Kier molecular flexibility index (Phi) is 4.81. The van der Waals surface area contributed by atoms with E-state index < -0.39 is 23.4 Å². The number of H-pyrrole nitrogens is 1. The Hall–Kier alpha value is -2.13. The molecule has 0 radical (unpaired) electrons. The maximum atomic E-state index is 14.1. The minimum absolute atomic E-state index is 0.000583. The molecule has 9 heteroatoms. The van der Waals surface area contributed by atoms with E-state index in [1.165, 1.54) is 0 Å². The van der Waals surface area contributed by atoms with Crippen LogP contribution < -0.4 is 5.32 Å². The summed E-state index contributed by atoms with van der Waals surface area (Å²) in [6.45, 7) is 1.36. The summed E-state index contributed by atoms with van der Waals surface area (Å²) in [6, 6.07) is 1.71. The predicted molar refractivity (Wildman–Crippen MR) is 93.4 cm³/mol. The Balaban J connectivity index is 1.55. The lowest BCUT2D eigenvalue weighted by Crippen LogP contribution is -2.36. The van der Waals surface area contributed by atoms with Crippen LogP contribution in [0.1, 0.15) is 29.3 Å². The summed E-state index contributed by atoms with van der Waals surface area (Å²) >= 11 is 5.28. The van der Waals surface area contributed by atoms with Crippen molar-refractivity contribution in [3.8, 4) is 0 Å². The number of aromatic nitrogens is 2. The fourth-order valence-electron chi connectivity index (χ4n) is 3.84. The standard InChI is InChI=1S/C18H18F3N3O2S/c19-11-1-2-12(20)17(21)16(11)9-5-14-13(23-18(27)24(14)7-9)6-15(25)22-10-3-4-26-8-10/h1-2,9-10H,3-8H2,(H,22,25)(H,23,27)/t9-,10+/m0/s1. The van der Waals surface area contributed by atoms with Crippen molar-refractivity contribution in [3.05, 3.63) is 51.3 Å². The lowest BCUT2D eigenvalue weighted by molar-refractivity contribution is -0.121. The highest BCUT2D eigenvalue weighted by molar-refractivity contribution is 7.71. The van der Waals surface area contributed by atoms with Gasteiger partial charge < -0.3 is 19.6 Å². The first kappa shape index (κ1) is 18.2. The minimum Gasteiger partial charge on any atom is -0.379 e. The first-order valence-electron chi connectivity index (χ1n) is 8.75. The second-order valence-electron chi connectivity index (χ2n) is 6.93. The van der Waals surface area contributed by atoms with Crippen LogP contribution in [0.3, 0.4) is 0 Å². The molecular formula is C18H18F3N3O2S. The van der Waals surface area contributed by atoms with Gasteiger partial charge in [0, 0.05) is 36.0 Å². The number of ether oxygens (including phenoxy) is 1. The number of nitrogens with zero attached hydrogens (tertiary/aromatic N) is 1. The highest BCUT2D eigenvalue weighted by atomic mass is 32.1. The molecule has 5 nitrogen and oxygen atoms in total. The Morgan fingerprint density at radius 3 is 2.85 bits per heavy atom. The first-order chi connectivity index (χ1) is 12.9. The summed E-state index contributed by atoms with van der Waals surface area (Å²) in [5.41, 5.74) is 1.08. The molecule has 2 N–H and O–H groups in total. The number of nitrogens with one attached hydrogen (secondary N) is 2. The summed E-state index contributed by atoms with van der Waals surface area (Å²) in [7, 11) is 0. The minimum atomic E-state index is -1.17. The number of fused-ring (bicyclic) bond motifs is 1. The third kappa shape index (κ3) is 3.41. The van der Waals surface area contributed by atoms with E-state index in [1.54, 1.807) is 4.57 Å². The van der Waals surface area contributed by atoms with Crippen molar-refractivity contribution in [1.29, 1.82) is 0 Å². The maximum absolute atomic E-state index is 14.1. The molecule has 27 heavy (non-hydrogen) atoms. The second-order valence-corrected chi connectivity index (χ2v) is 7.32. The smallest absolute Gasteiger partial charge is 0.226 e. The molecule has 1 fully saturated rings. The van der Waals surface area contributed by atoms with E-state index in [0.29, 0.717) is 23.7 Å². The second kappa shape index (κ2) is 7.12. The van der Waals surface area contributed by atoms with Crippen molar-refractivity contribution in [2.24, 2.45) is 0 Å². The average Bonchev–Trinajstić information content (AvgIpc) is 3.32. The van der Waals surface area contributed by atoms with Gasteiger partial charge >= 0.3 is 0 Å². The average molecular weight is 397 g/mol. The number of amides is 1. The molecule has 1 saturated heterocycles. The van der Waals surface area contributed by atoms with Gasteiger partial charge in [-0.3, -0.25) is 4.79 Å². The van der Waals surface area contributed by atoms with E-state index in [9.17, 15) is 18.0 Å². The fourth-order valence-corrected chi connectivity index (χ4v) is 4.15. The summed E-state index contributed by atoms with van der Waals surface area (Å²) in [6.07, 6.45) is 1.14. The lowest BCUT2D eigenvalue weighted by atomic mass is 9.95. The number of hydrogen-bond acceptors (Lipinski definition) is 3. The molecule has 2 aliphatic heterocycles. The largest absolute Gasteiger partial charge is 0.379 e. The molecule has 0 spiro atoms. The number of aromatic amines is 1. The van der Waals surface area contributed by atoms with Crippen LogP contribution in [0.5, 0.6) is 0 Å². The normalized spacial score (nSPS) is 21.4. The highest BCUT2D eigenvalue weighted by Gasteiger charge is 2.32. The molecule has 1 aromatic heterocycles. The number of rotatable bonds is 4. The summed E-state index contributed by atoms with van der Waals surface area (Å²) < 4.78 is 49.2. The molecule has 2 atom stereocenters. The lowest BCUT2D eigenvalue weighted by Gasteiger charge is -2.13. The zero-order valence-corrected chi connectivity index (χ0v) is 15.2. The molecule has 0 bridgehead atoms. The molecule has 4 rings (SSSR count). The van der Waals surface area contributed by atoms with Gasteiger partial charge in [0.05, 0.1) is 19.1 Å². The zero-order valence-electron chi connectivity index (χ0n) is 14.4. The molecule has 3 heterocycles. The van der Waals surface area contributed by atoms with E-state index >= 15 is 0 Å². The van der Waals surface area contributed by atoms with Gasteiger partial charge in [0.2, 0.25) is 5.91 Å². The van der Waals surface area contributed by atoms with E-state index in [4.69, 9.17) is 17.0 Å². The number of carbonyl (C=O) groups excluding carboxylic acids is 1. The van der Waals surface area contributed by atoms with Gasteiger partial charge in [0.25, 0.3) is 0 Å². The molecule has 1 aromatic carbocycles. The van der Waals surface area contributed by atoms with Crippen molar-refractivity contribution in [1.82, 2.24) is 14.9 Å². The van der Waals surface area contributed by atoms with Crippen molar-refractivity contribution in [2.75, 3.05) is 13.2 Å². The highest BCUT2D eigenvalue weighted by Crippen LogP contribution is 2.35. The number of benzene rings is 1. The van der Waals surface area contributed by atoms with E-state index in [2.05, 4.69) is 10.3 Å². The van der Waals surface area contributed by atoms with Gasteiger partial charge in [-0.15, -0.1) is 0 Å². The van der Waals surface area contributed by atoms with Crippen LogP contribution in [-0.2, 0) is 28.9 Å². The molecule has 0 unspecified atom stereocenters. The van der Waals surface area contributed by atoms with Gasteiger partial charge in [-0.05, 0) is 37.2 Å². The summed E-state index contributed by atoms with van der Waals surface area (Å²) in [5, 5.41) is 2.90. The van der Waals surface area contributed by atoms with E-state index in [1.807, 2.05) is 0 Å². The van der Waals surface area contributed by atoms with Crippen LogP contribution in [0, 0.1) is 22.2 Å². The SMILES string of the molecule is O=C(Cc1[nH]c(=S)n2c1C[C@H](c1c(F)ccc(F)c1F)C2)N[C@@H]1CCOC1. The summed E-state index contributed by atoms with van der Waals surface area (Å²) in [5.74, 6) is -3.76. The molecule has 1 amide bonds. The quantitative estimate of drug-likeness (QED) is 0.616. The number of halogens is 3. The predicted octanol–water partition coefficient (Wildman–Crippen LogP) is 2.75. The van der Waals surface area contributed by atoms with Crippen molar-refractivity contribution < 1.29 is 22.7 Å². The Morgan fingerprint density at radius 2 is 2.11 bits per heavy atom. The Morgan fingerprint density at radius 1 is 1.33 bits per heavy atom. The molecule has 144 valence electrons. The van der Waals surface area contributed by atoms with Crippen LogP contribution in [0.2, 0.25) is 0 Å². The fraction of sp³-hybridized carbons (Fsp3) is 0.444.